The Labute approximate surface area is 128 Å². The molecular weight excluding hydrogens is 262 g/mol. The van der Waals surface area contributed by atoms with Crippen molar-refractivity contribution in [3.8, 4) is 0 Å². The Bertz CT molecular complexity index is 510. The number of aryl methyl sites for hydroxylation is 1. The normalized spacial score (nSPS) is 30.4. The van der Waals surface area contributed by atoms with Crippen molar-refractivity contribution in [1.29, 1.82) is 0 Å². The Morgan fingerprint density at radius 2 is 2.05 bits per heavy atom. The first-order valence-electron chi connectivity index (χ1n) is 8.30. The summed E-state index contributed by atoms with van der Waals surface area (Å²) in [5.74, 6) is 1.20. The van der Waals surface area contributed by atoms with Gasteiger partial charge in [-0.2, -0.15) is 0 Å². The molecule has 2 atom stereocenters. The first-order valence-corrected chi connectivity index (χ1v) is 8.30. The second-order valence-electron chi connectivity index (χ2n) is 7.05. The van der Waals surface area contributed by atoms with Crippen molar-refractivity contribution >= 4 is 0 Å². The fourth-order valence-corrected chi connectivity index (χ4v) is 4.46. The van der Waals surface area contributed by atoms with Gasteiger partial charge in [-0.1, -0.05) is 6.42 Å². The summed E-state index contributed by atoms with van der Waals surface area (Å²) in [5, 5.41) is 0. The van der Waals surface area contributed by atoms with E-state index in [0.717, 1.165) is 12.2 Å². The lowest BCUT2D eigenvalue weighted by Crippen LogP contribution is -2.47. The topological polar surface area (TPSA) is 30.3 Å². The fraction of sp³-hybridized carbons (Fsp3) is 0.824. The summed E-state index contributed by atoms with van der Waals surface area (Å²) in [6.07, 6.45) is 6.99. The van der Waals surface area contributed by atoms with E-state index in [1.807, 2.05) is 7.11 Å². The molecule has 1 saturated carbocycles. The summed E-state index contributed by atoms with van der Waals surface area (Å²) in [5.41, 5.74) is 2.85. The molecule has 0 unspecified atom stereocenters. The van der Waals surface area contributed by atoms with Crippen LogP contribution in [0.5, 0.6) is 0 Å². The number of methoxy groups -OCH3 is 1. The van der Waals surface area contributed by atoms with E-state index in [1.54, 1.807) is 0 Å². The first-order chi connectivity index (χ1) is 10.1. The summed E-state index contributed by atoms with van der Waals surface area (Å²) < 4.78 is 8.05. The summed E-state index contributed by atoms with van der Waals surface area (Å²) in [7, 11) is 4.03. The number of aromatic nitrogens is 2. The summed E-state index contributed by atoms with van der Waals surface area (Å²) in [4.78, 5) is 7.35. The minimum absolute atomic E-state index is 0.405. The molecule has 1 aliphatic carbocycles. The van der Waals surface area contributed by atoms with Gasteiger partial charge in [0, 0.05) is 31.8 Å². The summed E-state index contributed by atoms with van der Waals surface area (Å²) >= 11 is 0. The number of rotatable bonds is 3. The Morgan fingerprint density at radius 1 is 1.29 bits per heavy atom. The van der Waals surface area contributed by atoms with E-state index in [2.05, 4.69) is 30.4 Å². The van der Waals surface area contributed by atoms with E-state index in [0.29, 0.717) is 11.5 Å². The van der Waals surface area contributed by atoms with Crippen LogP contribution in [0.1, 0.15) is 49.3 Å². The van der Waals surface area contributed by atoms with Crippen LogP contribution in [0.25, 0.3) is 0 Å². The smallest absolute Gasteiger partial charge is 0.123 e. The van der Waals surface area contributed by atoms with Crippen LogP contribution in [0.4, 0.5) is 0 Å². The first kappa shape index (κ1) is 15.0. The quantitative estimate of drug-likeness (QED) is 0.858. The third-order valence-electron chi connectivity index (χ3n) is 5.87. The molecular formula is C17H29N3O. The Balaban J connectivity index is 1.73. The highest BCUT2D eigenvalue weighted by Gasteiger charge is 2.45. The maximum atomic E-state index is 5.80. The van der Waals surface area contributed by atoms with Gasteiger partial charge in [0.05, 0.1) is 18.3 Å². The number of likely N-dealkylation sites (tertiary alicyclic amines) is 1. The van der Waals surface area contributed by atoms with E-state index in [4.69, 9.17) is 9.72 Å². The average Bonchev–Trinajstić information content (AvgIpc) is 2.96. The molecule has 0 radical (unpaired) electrons. The van der Waals surface area contributed by atoms with Crippen LogP contribution in [0, 0.1) is 19.3 Å². The number of hydrogen-bond acceptors (Lipinski definition) is 3. The van der Waals surface area contributed by atoms with Gasteiger partial charge in [-0.25, -0.2) is 4.98 Å². The number of nitrogens with zero attached hydrogens (tertiary/aromatic N) is 3. The number of piperidine rings is 1. The standard InChI is InChI=1S/C17H29N3O/c1-13-14(2)19(3)16(18-13)11-20-10-6-9-17(12-20)8-5-7-15(17)21-4/h15H,5-12H2,1-4H3/t15-,17+/m1/s1. The van der Waals surface area contributed by atoms with Crippen molar-refractivity contribution < 1.29 is 4.74 Å². The molecule has 2 fully saturated rings. The second kappa shape index (κ2) is 5.73. The van der Waals surface area contributed by atoms with Crippen LogP contribution in [0.3, 0.4) is 0 Å². The number of hydrogen-bond donors (Lipinski definition) is 0. The monoisotopic (exact) mass is 291 g/mol. The van der Waals surface area contributed by atoms with Crippen molar-refractivity contribution in [1.82, 2.24) is 14.5 Å². The fourth-order valence-electron chi connectivity index (χ4n) is 4.46. The van der Waals surface area contributed by atoms with Gasteiger partial charge in [0.25, 0.3) is 0 Å². The van der Waals surface area contributed by atoms with E-state index in [9.17, 15) is 0 Å². The van der Waals surface area contributed by atoms with E-state index in [-0.39, 0.29) is 0 Å². The van der Waals surface area contributed by atoms with Gasteiger partial charge in [-0.05, 0) is 46.1 Å². The van der Waals surface area contributed by atoms with Crippen LogP contribution in [-0.4, -0.2) is 40.8 Å². The molecule has 0 aromatic carbocycles. The molecule has 4 heteroatoms. The van der Waals surface area contributed by atoms with Gasteiger partial charge in [0.2, 0.25) is 0 Å². The zero-order chi connectivity index (χ0) is 15.0. The number of imidazole rings is 1. The van der Waals surface area contributed by atoms with Crippen LogP contribution in [0.2, 0.25) is 0 Å². The second-order valence-corrected chi connectivity index (χ2v) is 7.05. The molecule has 3 rings (SSSR count). The highest BCUT2D eigenvalue weighted by molar-refractivity contribution is 5.13. The molecule has 0 N–H and O–H groups in total. The van der Waals surface area contributed by atoms with Crippen LogP contribution in [-0.2, 0) is 18.3 Å². The Morgan fingerprint density at radius 3 is 2.71 bits per heavy atom. The van der Waals surface area contributed by atoms with Gasteiger partial charge >= 0.3 is 0 Å². The Kier molecular flexibility index (Phi) is 4.10. The third-order valence-corrected chi connectivity index (χ3v) is 5.87. The van der Waals surface area contributed by atoms with Crippen LogP contribution in [0.15, 0.2) is 0 Å². The Hall–Kier alpha value is -0.870. The molecule has 1 aliphatic heterocycles. The highest BCUT2D eigenvalue weighted by Crippen LogP contribution is 2.46. The molecule has 118 valence electrons. The van der Waals surface area contributed by atoms with Gasteiger partial charge in [0.1, 0.15) is 5.82 Å². The largest absolute Gasteiger partial charge is 0.381 e. The molecule has 1 saturated heterocycles. The maximum Gasteiger partial charge on any atom is 0.123 e. The van der Waals surface area contributed by atoms with Crippen molar-refractivity contribution in [3.63, 3.8) is 0 Å². The molecule has 1 aromatic heterocycles. The van der Waals surface area contributed by atoms with Crippen molar-refractivity contribution in [2.24, 2.45) is 12.5 Å². The molecule has 1 spiro atoms. The molecule has 2 aliphatic rings. The highest BCUT2D eigenvalue weighted by atomic mass is 16.5. The molecule has 1 aromatic rings. The summed E-state index contributed by atoms with van der Waals surface area (Å²) in [6, 6.07) is 0. The zero-order valence-corrected chi connectivity index (χ0v) is 14.0. The lowest BCUT2D eigenvalue weighted by Gasteiger charge is -2.43. The van der Waals surface area contributed by atoms with Crippen molar-refractivity contribution in [2.45, 2.75) is 58.6 Å². The van der Waals surface area contributed by atoms with Crippen LogP contribution >= 0.6 is 0 Å². The lowest BCUT2D eigenvalue weighted by atomic mass is 9.76. The van der Waals surface area contributed by atoms with Crippen molar-refractivity contribution in [3.05, 3.63) is 17.2 Å². The maximum absolute atomic E-state index is 5.80. The minimum Gasteiger partial charge on any atom is -0.381 e. The predicted molar refractivity (Wildman–Crippen MR) is 84.3 cm³/mol. The van der Waals surface area contributed by atoms with Gasteiger partial charge in [-0.3, -0.25) is 4.90 Å². The molecule has 0 bridgehead atoms. The van der Waals surface area contributed by atoms with Crippen LogP contribution < -0.4 is 0 Å². The minimum atomic E-state index is 0.405. The van der Waals surface area contributed by atoms with Gasteiger partial charge < -0.3 is 9.30 Å². The zero-order valence-electron chi connectivity index (χ0n) is 14.0. The van der Waals surface area contributed by atoms with E-state index >= 15 is 0 Å². The van der Waals surface area contributed by atoms with Gasteiger partial charge in [-0.15, -0.1) is 0 Å². The average molecular weight is 291 g/mol. The van der Waals surface area contributed by atoms with Gasteiger partial charge in [0.15, 0.2) is 0 Å². The summed E-state index contributed by atoms with van der Waals surface area (Å²) in [6.45, 7) is 7.61. The predicted octanol–water partition coefficient (Wildman–Crippen LogP) is 2.82. The van der Waals surface area contributed by atoms with E-state index in [1.165, 1.54) is 56.7 Å². The van der Waals surface area contributed by atoms with Crippen molar-refractivity contribution in [2.75, 3.05) is 20.2 Å². The SMILES string of the molecule is CO[C@@H]1CCC[C@@]12CCCN(Cc1nc(C)c(C)n1C)C2. The van der Waals surface area contributed by atoms with E-state index < -0.39 is 0 Å². The number of ether oxygens (including phenoxy) is 1. The molecule has 4 nitrogen and oxygen atoms in total. The molecule has 0 amide bonds. The third kappa shape index (κ3) is 2.64. The molecule has 2 heterocycles. The molecule has 21 heavy (non-hydrogen) atoms. The lowest BCUT2D eigenvalue weighted by molar-refractivity contribution is -0.0372.